The molecule has 4 N–H and O–H groups in total. The van der Waals surface area contributed by atoms with Gasteiger partial charge in [-0.25, -0.2) is 0 Å². The summed E-state index contributed by atoms with van der Waals surface area (Å²) in [5.74, 6) is -0.828. The highest BCUT2D eigenvalue weighted by Crippen LogP contribution is 2.07. The SMILES string of the molecule is CCCCCC(O)C(O)/C=C/C=C/C=C\C=C\C(O)C/C=C\CCC(=O)O. The van der Waals surface area contributed by atoms with E-state index in [1.165, 1.54) is 0 Å². The van der Waals surface area contributed by atoms with Crippen molar-refractivity contribution in [1.29, 1.82) is 0 Å². The summed E-state index contributed by atoms with van der Waals surface area (Å²) in [5.41, 5.74) is 0. The quantitative estimate of drug-likeness (QED) is 0.198. The zero-order valence-corrected chi connectivity index (χ0v) is 16.2. The minimum atomic E-state index is -0.853. The van der Waals surface area contributed by atoms with Crippen LogP contribution in [0.3, 0.4) is 0 Å². The van der Waals surface area contributed by atoms with Gasteiger partial charge >= 0.3 is 5.97 Å². The van der Waals surface area contributed by atoms with Gasteiger partial charge in [0.1, 0.15) is 0 Å². The van der Waals surface area contributed by atoms with Gasteiger partial charge in [-0.2, -0.15) is 0 Å². The maximum Gasteiger partial charge on any atom is 0.303 e. The minimum absolute atomic E-state index is 0.0980. The number of aliphatic hydroxyl groups is 3. The molecule has 0 radical (unpaired) electrons. The summed E-state index contributed by atoms with van der Waals surface area (Å²) in [5, 5.41) is 37.8. The molecular weight excluding hydrogens is 344 g/mol. The van der Waals surface area contributed by atoms with Gasteiger partial charge in [-0.05, 0) is 19.3 Å². The largest absolute Gasteiger partial charge is 0.481 e. The smallest absolute Gasteiger partial charge is 0.303 e. The minimum Gasteiger partial charge on any atom is -0.481 e. The van der Waals surface area contributed by atoms with E-state index in [0.29, 0.717) is 19.3 Å². The van der Waals surface area contributed by atoms with Gasteiger partial charge < -0.3 is 20.4 Å². The van der Waals surface area contributed by atoms with Gasteiger partial charge in [0.25, 0.3) is 0 Å². The fraction of sp³-hybridized carbons (Fsp3) is 0.500. The van der Waals surface area contributed by atoms with Crippen molar-refractivity contribution >= 4 is 5.97 Å². The van der Waals surface area contributed by atoms with Crippen molar-refractivity contribution in [2.45, 2.75) is 70.2 Å². The first kappa shape index (κ1) is 25.1. The molecule has 0 aromatic carbocycles. The summed E-state index contributed by atoms with van der Waals surface area (Å²) in [6.45, 7) is 2.10. The first-order valence-electron chi connectivity index (χ1n) is 9.56. The van der Waals surface area contributed by atoms with Crippen LogP contribution >= 0.6 is 0 Å². The average molecular weight is 379 g/mol. The second kappa shape index (κ2) is 17.5. The Morgan fingerprint density at radius 1 is 0.889 bits per heavy atom. The average Bonchev–Trinajstić information content (AvgIpc) is 2.63. The maximum atomic E-state index is 10.3. The molecule has 27 heavy (non-hydrogen) atoms. The summed E-state index contributed by atoms with van der Waals surface area (Å²) in [6, 6.07) is 0. The second-order valence-corrected chi connectivity index (χ2v) is 6.30. The number of carbonyl (C=O) groups is 1. The number of rotatable bonds is 15. The normalized spacial score (nSPS) is 16.3. The molecule has 0 rings (SSSR count). The van der Waals surface area contributed by atoms with Gasteiger partial charge in [0.15, 0.2) is 0 Å². The molecule has 0 aliphatic rings. The third-order valence-corrected chi connectivity index (χ3v) is 3.76. The Morgan fingerprint density at radius 3 is 2.15 bits per heavy atom. The molecule has 0 fully saturated rings. The molecule has 0 bridgehead atoms. The third-order valence-electron chi connectivity index (χ3n) is 3.76. The number of carboxylic acid groups (broad SMARTS) is 1. The molecule has 0 heterocycles. The highest BCUT2D eigenvalue weighted by molar-refractivity contribution is 5.66. The van der Waals surface area contributed by atoms with Gasteiger partial charge in [-0.1, -0.05) is 86.9 Å². The van der Waals surface area contributed by atoms with Crippen LogP contribution in [0.2, 0.25) is 0 Å². The van der Waals surface area contributed by atoms with Gasteiger partial charge in [-0.3, -0.25) is 4.79 Å². The number of allylic oxidation sites excluding steroid dienone is 7. The zero-order valence-electron chi connectivity index (χ0n) is 16.2. The Balaban J connectivity index is 3.98. The molecule has 5 heteroatoms. The summed E-state index contributed by atoms with van der Waals surface area (Å²) >= 11 is 0. The fourth-order valence-corrected chi connectivity index (χ4v) is 2.17. The highest BCUT2D eigenvalue weighted by atomic mass is 16.4. The number of carboxylic acids is 1. The Hall–Kier alpha value is -1.95. The molecule has 152 valence electrons. The number of hydrogen-bond acceptors (Lipinski definition) is 4. The van der Waals surface area contributed by atoms with Crippen LogP contribution in [0.1, 0.15) is 51.9 Å². The summed E-state index contributed by atoms with van der Waals surface area (Å²) in [6.07, 6.45) is 19.8. The molecule has 0 aliphatic heterocycles. The zero-order chi connectivity index (χ0) is 20.3. The van der Waals surface area contributed by atoms with Gasteiger partial charge in [0.2, 0.25) is 0 Å². The lowest BCUT2D eigenvalue weighted by Gasteiger charge is -2.13. The van der Waals surface area contributed by atoms with Crippen LogP contribution in [0.5, 0.6) is 0 Å². The van der Waals surface area contributed by atoms with E-state index in [1.54, 1.807) is 60.8 Å². The molecule has 3 atom stereocenters. The van der Waals surface area contributed by atoms with Crippen LogP contribution in [0.4, 0.5) is 0 Å². The van der Waals surface area contributed by atoms with Crippen LogP contribution < -0.4 is 0 Å². The Morgan fingerprint density at radius 2 is 1.52 bits per heavy atom. The number of hydrogen-bond donors (Lipinski definition) is 4. The molecule has 0 saturated carbocycles. The third kappa shape index (κ3) is 17.2. The number of aliphatic carboxylic acids is 1. The molecule has 0 aliphatic carbocycles. The first-order chi connectivity index (χ1) is 13.0. The Labute approximate surface area is 162 Å². The van der Waals surface area contributed by atoms with Crippen molar-refractivity contribution in [2.75, 3.05) is 0 Å². The summed E-state index contributed by atoms with van der Waals surface area (Å²) in [4.78, 5) is 10.3. The van der Waals surface area contributed by atoms with Crippen molar-refractivity contribution in [3.05, 3.63) is 60.8 Å². The topological polar surface area (TPSA) is 98.0 Å². The lowest BCUT2D eigenvalue weighted by molar-refractivity contribution is -0.136. The lowest BCUT2D eigenvalue weighted by atomic mass is 10.1. The van der Waals surface area contributed by atoms with Crippen molar-refractivity contribution in [1.82, 2.24) is 0 Å². The second-order valence-electron chi connectivity index (χ2n) is 6.30. The number of unbranched alkanes of at least 4 members (excludes halogenated alkanes) is 2. The van der Waals surface area contributed by atoms with E-state index >= 15 is 0 Å². The van der Waals surface area contributed by atoms with Gasteiger partial charge in [0.05, 0.1) is 18.3 Å². The monoisotopic (exact) mass is 378 g/mol. The molecule has 0 aromatic heterocycles. The van der Waals surface area contributed by atoms with Gasteiger partial charge in [0, 0.05) is 6.42 Å². The predicted octanol–water partition coefficient (Wildman–Crippen LogP) is 3.69. The Kier molecular flexibility index (Phi) is 16.2. The van der Waals surface area contributed by atoms with E-state index < -0.39 is 24.3 Å². The van der Waals surface area contributed by atoms with Crippen LogP contribution in [-0.4, -0.2) is 44.7 Å². The van der Waals surface area contributed by atoms with Crippen molar-refractivity contribution < 1.29 is 25.2 Å². The summed E-state index contributed by atoms with van der Waals surface area (Å²) in [7, 11) is 0. The van der Waals surface area contributed by atoms with E-state index in [0.717, 1.165) is 19.3 Å². The first-order valence-corrected chi connectivity index (χ1v) is 9.56. The van der Waals surface area contributed by atoms with Crippen molar-refractivity contribution in [3.8, 4) is 0 Å². The van der Waals surface area contributed by atoms with Crippen LogP contribution in [0, 0.1) is 0 Å². The summed E-state index contributed by atoms with van der Waals surface area (Å²) < 4.78 is 0. The molecule has 0 amide bonds. The molecular formula is C22H34O5. The van der Waals surface area contributed by atoms with Crippen molar-refractivity contribution in [3.63, 3.8) is 0 Å². The van der Waals surface area contributed by atoms with E-state index in [-0.39, 0.29) is 6.42 Å². The molecule has 5 nitrogen and oxygen atoms in total. The van der Waals surface area contributed by atoms with E-state index in [9.17, 15) is 20.1 Å². The highest BCUT2D eigenvalue weighted by Gasteiger charge is 2.11. The molecule has 0 saturated heterocycles. The van der Waals surface area contributed by atoms with Gasteiger partial charge in [-0.15, -0.1) is 0 Å². The van der Waals surface area contributed by atoms with Crippen LogP contribution in [0.25, 0.3) is 0 Å². The van der Waals surface area contributed by atoms with E-state index in [1.807, 2.05) is 0 Å². The number of aliphatic hydroxyl groups excluding tert-OH is 3. The standard InChI is InChI=1S/C22H34O5/c1-2-3-9-16-20(24)21(25)17-12-7-5-4-6-10-14-19(23)15-11-8-13-18-22(26)27/h4-8,10-12,14,17,19-21,23-25H,2-3,9,13,15-16,18H2,1H3,(H,26,27)/b6-4-,7-5+,11-8-,14-10+,17-12+. The fourth-order valence-electron chi connectivity index (χ4n) is 2.17. The molecule has 0 spiro atoms. The van der Waals surface area contributed by atoms with E-state index in [2.05, 4.69) is 6.92 Å². The maximum absolute atomic E-state index is 10.3. The Bertz CT molecular complexity index is 517. The predicted molar refractivity (Wildman–Crippen MR) is 109 cm³/mol. The van der Waals surface area contributed by atoms with Crippen molar-refractivity contribution in [2.24, 2.45) is 0 Å². The lowest BCUT2D eigenvalue weighted by Crippen LogP contribution is -2.23. The van der Waals surface area contributed by atoms with Crippen LogP contribution in [0.15, 0.2) is 60.8 Å². The van der Waals surface area contributed by atoms with Crippen LogP contribution in [-0.2, 0) is 4.79 Å². The van der Waals surface area contributed by atoms with E-state index in [4.69, 9.17) is 5.11 Å². The molecule has 0 aromatic rings. The molecule has 3 unspecified atom stereocenters.